The summed E-state index contributed by atoms with van der Waals surface area (Å²) in [6.07, 6.45) is 10.2. The van der Waals surface area contributed by atoms with Crippen LogP contribution in [-0.2, 0) is 6.42 Å². The van der Waals surface area contributed by atoms with Crippen molar-refractivity contribution in [3.63, 3.8) is 0 Å². The van der Waals surface area contributed by atoms with E-state index in [-0.39, 0.29) is 0 Å². The van der Waals surface area contributed by atoms with Crippen molar-refractivity contribution in [1.82, 2.24) is 9.97 Å². The molecule has 1 heterocycles. The SMILES string of the molecule is CCCc1cc(=S)nc(C2CCC(CCC)CC2)[nH]1. The molecule has 0 radical (unpaired) electrons. The molecule has 0 amide bonds. The molecule has 1 fully saturated rings. The monoisotopic (exact) mass is 278 g/mol. The number of aromatic nitrogens is 2. The normalized spacial score (nSPS) is 23.5. The lowest BCUT2D eigenvalue weighted by Crippen LogP contribution is -2.16. The zero-order valence-corrected chi connectivity index (χ0v) is 13.1. The second-order valence-corrected chi connectivity index (χ2v) is 6.30. The van der Waals surface area contributed by atoms with E-state index in [2.05, 4.69) is 23.8 Å². The van der Waals surface area contributed by atoms with Gasteiger partial charge in [0.25, 0.3) is 0 Å². The third-order valence-corrected chi connectivity index (χ3v) is 4.48. The third kappa shape index (κ3) is 4.13. The Morgan fingerprint density at radius 3 is 2.58 bits per heavy atom. The molecule has 0 spiro atoms. The van der Waals surface area contributed by atoms with Crippen LogP contribution in [0.2, 0.25) is 0 Å². The van der Waals surface area contributed by atoms with Crippen LogP contribution in [0.5, 0.6) is 0 Å². The zero-order chi connectivity index (χ0) is 13.7. The van der Waals surface area contributed by atoms with Gasteiger partial charge in [-0.1, -0.05) is 45.3 Å². The van der Waals surface area contributed by atoms with Crippen molar-refractivity contribution in [2.75, 3.05) is 0 Å². The maximum atomic E-state index is 5.30. The molecule has 19 heavy (non-hydrogen) atoms. The number of rotatable bonds is 5. The van der Waals surface area contributed by atoms with Gasteiger partial charge in [-0.25, -0.2) is 4.98 Å². The van der Waals surface area contributed by atoms with Crippen LogP contribution in [0, 0.1) is 10.6 Å². The van der Waals surface area contributed by atoms with Gasteiger partial charge in [-0.2, -0.15) is 0 Å². The van der Waals surface area contributed by atoms with Crippen molar-refractivity contribution in [2.24, 2.45) is 5.92 Å². The number of nitrogens with zero attached hydrogens (tertiary/aromatic N) is 1. The molecule has 2 rings (SSSR count). The van der Waals surface area contributed by atoms with Crippen LogP contribution in [0.3, 0.4) is 0 Å². The Balaban J connectivity index is 2.04. The van der Waals surface area contributed by atoms with Gasteiger partial charge >= 0.3 is 0 Å². The van der Waals surface area contributed by atoms with Gasteiger partial charge in [0.1, 0.15) is 10.5 Å². The van der Waals surface area contributed by atoms with E-state index in [4.69, 9.17) is 12.2 Å². The highest BCUT2D eigenvalue weighted by atomic mass is 32.1. The van der Waals surface area contributed by atoms with Crippen LogP contribution in [0.25, 0.3) is 0 Å². The Hall–Kier alpha value is -0.700. The van der Waals surface area contributed by atoms with E-state index in [0.29, 0.717) is 5.92 Å². The fourth-order valence-corrected chi connectivity index (χ4v) is 3.50. The molecule has 0 aromatic carbocycles. The van der Waals surface area contributed by atoms with Crippen molar-refractivity contribution < 1.29 is 0 Å². The third-order valence-electron chi connectivity index (χ3n) is 4.27. The predicted octanol–water partition coefficient (Wildman–Crippen LogP) is 5.17. The highest BCUT2D eigenvalue weighted by Gasteiger charge is 2.23. The summed E-state index contributed by atoms with van der Waals surface area (Å²) in [4.78, 5) is 8.09. The lowest BCUT2D eigenvalue weighted by atomic mass is 9.80. The summed E-state index contributed by atoms with van der Waals surface area (Å²) in [6, 6.07) is 2.02. The first-order valence-electron chi connectivity index (χ1n) is 7.83. The maximum Gasteiger partial charge on any atom is 0.129 e. The highest BCUT2D eigenvalue weighted by Crippen LogP contribution is 2.36. The molecule has 2 nitrogen and oxygen atoms in total. The Bertz CT molecular complexity index is 444. The second-order valence-electron chi connectivity index (χ2n) is 5.89. The highest BCUT2D eigenvalue weighted by molar-refractivity contribution is 7.71. The van der Waals surface area contributed by atoms with Gasteiger partial charge in [-0.05, 0) is 44.1 Å². The number of nitrogens with one attached hydrogen (secondary N) is 1. The van der Waals surface area contributed by atoms with E-state index in [1.807, 2.05) is 6.07 Å². The fraction of sp³-hybridized carbons (Fsp3) is 0.750. The number of aromatic amines is 1. The number of H-pyrrole nitrogens is 1. The molecule has 3 heteroatoms. The molecule has 1 N–H and O–H groups in total. The van der Waals surface area contributed by atoms with Crippen LogP contribution >= 0.6 is 12.2 Å². The van der Waals surface area contributed by atoms with Gasteiger partial charge in [0, 0.05) is 11.6 Å². The summed E-state index contributed by atoms with van der Waals surface area (Å²) in [5, 5.41) is 0. The fourth-order valence-electron chi connectivity index (χ4n) is 3.26. The summed E-state index contributed by atoms with van der Waals surface area (Å²) in [7, 11) is 0. The van der Waals surface area contributed by atoms with E-state index >= 15 is 0 Å². The van der Waals surface area contributed by atoms with Gasteiger partial charge in [0.2, 0.25) is 0 Å². The van der Waals surface area contributed by atoms with Crippen LogP contribution in [0.4, 0.5) is 0 Å². The molecule has 1 aromatic heterocycles. The lowest BCUT2D eigenvalue weighted by Gasteiger charge is -2.27. The van der Waals surface area contributed by atoms with Crippen molar-refractivity contribution in [3.05, 3.63) is 22.2 Å². The van der Waals surface area contributed by atoms with E-state index in [0.717, 1.165) is 29.2 Å². The second kappa shape index (κ2) is 7.18. The zero-order valence-electron chi connectivity index (χ0n) is 12.2. The van der Waals surface area contributed by atoms with E-state index in [9.17, 15) is 0 Å². The molecule has 0 saturated heterocycles. The largest absolute Gasteiger partial charge is 0.347 e. The van der Waals surface area contributed by atoms with E-state index in [1.54, 1.807) is 0 Å². The first kappa shape index (κ1) is 14.7. The molecule has 0 unspecified atom stereocenters. The van der Waals surface area contributed by atoms with Crippen LogP contribution in [-0.4, -0.2) is 9.97 Å². The van der Waals surface area contributed by atoms with Gasteiger partial charge in [0.15, 0.2) is 0 Å². The van der Waals surface area contributed by atoms with Gasteiger partial charge in [0.05, 0.1) is 0 Å². The molecule has 0 bridgehead atoms. The molecule has 1 aliphatic carbocycles. The van der Waals surface area contributed by atoms with Gasteiger partial charge < -0.3 is 4.98 Å². The topological polar surface area (TPSA) is 28.7 Å². The van der Waals surface area contributed by atoms with E-state index < -0.39 is 0 Å². The van der Waals surface area contributed by atoms with Crippen molar-refractivity contribution in [1.29, 1.82) is 0 Å². The van der Waals surface area contributed by atoms with E-state index in [1.165, 1.54) is 44.2 Å². The first-order valence-corrected chi connectivity index (χ1v) is 8.23. The average Bonchev–Trinajstić information content (AvgIpc) is 2.40. The first-order chi connectivity index (χ1) is 9.22. The van der Waals surface area contributed by atoms with Gasteiger partial charge in [-0.3, -0.25) is 0 Å². The quantitative estimate of drug-likeness (QED) is 0.753. The Morgan fingerprint density at radius 2 is 1.95 bits per heavy atom. The standard InChI is InChI=1S/C16H26N2S/c1-3-5-12-7-9-13(10-8-12)16-17-14(6-4-2)11-15(19)18-16/h11-13H,3-10H2,1-2H3,(H,17,18,19). The van der Waals surface area contributed by atoms with Crippen molar-refractivity contribution >= 4 is 12.2 Å². The summed E-state index contributed by atoms with van der Waals surface area (Å²) >= 11 is 5.30. The summed E-state index contributed by atoms with van der Waals surface area (Å²) in [6.45, 7) is 4.49. The Kier molecular flexibility index (Phi) is 5.56. The smallest absolute Gasteiger partial charge is 0.129 e. The number of hydrogen-bond acceptors (Lipinski definition) is 2. The van der Waals surface area contributed by atoms with Crippen LogP contribution in [0.1, 0.15) is 76.2 Å². The van der Waals surface area contributed by atoms with Crippen LogP contribution < -0.4 is 0 Å². The lowest BCUT2D eigenvalue weighted by molar-refractivity contribution is 0.302. The summed E-state index contributed by atoms with van der Waals surface area (Å²) in [5.41, 5.74) is 1.26. The number of aryl methyl sites for hydroxylation is 1. The molecule has 106 valence electrons. The maximum absolute atomic E-state index is 5.30. The molecule has 0 aliphatic heterocycles. The molecular weight excluding hydrogens is 252 g/mol. The molecule has 1 aromatic rings. The minimum atomic E-state index is 0.603. The summed E-state index contributed by atoms with van der Waals surface area (Å²) in [5.74, 6) is 2.69. The molecule has 1 aliphatic rings. The van der Waals surface area contributed by atoms with Gasteiger partial charge in [-0.15, -0.1) is 0 Å². The van der Waals surface area contributed by atoms with Crippen LogP contribution in [0.15, 0.2) is 6.07 Å². The molecular formula is C16H26N2S. The predicted molar refractivity (Wildman–Crippen MR) is 83.0 cm³/mol. The molecule has 0 atom stereocenters. The Morgan fingerprint density at radius 1 is 1.21 bits per heavy atom. The Labute approximate surface area is 122 Å². The summed E-state index contributed by atoms with van der Waals surface area (Å²) < 4.78 is 0.757. The van der Waals surface area contributed by atoms with Crippen molar-refractivity contribution in [2.45, 2.75) is 71.1 Å². The number of hydrogen-bond donors (Lipinski definition) is 1. The average molecular weight is 278 g/mol. The molecule has 1 saturated carbocycles. The minimum Gasteiger partial charge on any atom is -0.347 e. The minimum absolute atomic E-state index is 0.603. The van der Waals surface area contributed by atoms with Crippen molar-refractivity contribution in [3.8, 4) is 0 Å².